The lowest BCUT2D eigenvalue weighted by Crippen LogP contribution is -2.31. The number of fused-ring (bicyclic) bond motifs is 1. The second-order valence-electron chi connectivity index (χ2n) is 6.92. The van der Waals surface area contributed by atoms with Crippen molar-refractivity contribution >= 4 is 17.4 Å². The van der Waals surface area contributed by atoms with Crippen LogP contribution in [0.2, 0.25) is 0 Å². The van der Waals surface area contributed by atoms with Crippen molar-refractivity contribution in [2.45, 2.75) is 39.5 Å². The second-order valence-corrected chi connectivity index (χ2v) is 6.92. The fraction of sp³-hybridized carbons (Fsp3) is 0.364. The standard InChI is InChI=1S/C22H25N5O/c1-17-10-14-27-20(15-17)25-21(19-9-8-12-24-16-19)22(27)26(18(2)28)13-7-5-4-6-11-23-3/h8-10,12,14-16H,4-7,11,13H2,1-2H3. The molecule has 0 aliphatic carbocycles. The average Bonchev–Trinajstić information content (AvgIpc) is 3.06. The molecule has 0 unspecified atom stereocenters. The number of nitrogens with zero attached hydrogens (tertiary/aromatic N) is 5. The second kappa shape index (κ2) is 9.14. The molecule has 0 atom stereocenters. The lowest BCUT2D eigenvalue weighted by molar-refractivity contribution is -0.116. The van der Waals surface area contributed by atoms with Crippen molar-refractivity contribution in [3.8, 4) is 11.3 Å². The van der Waals surface area contributed by atoms with Crippen molar-refractivity contribution in [2.24, 2.45) is 0 Å². The van der Waals surface area contributed by atoms with Crippen molar-refractivity contribution in [1.82, 2.24) is 14.4 Å². The van der Waals surface area contributed by atoms with Gasteiger partial charge in [0, 0.05) is 44.0 Å². The van der Waals surface area contributed by atoms with Crippen LogP contribution in [0.15, 0.2) is 42.9 Å². The lowest BCUT2D eigenvalue weighted by atomic mass is 10.1. The van der Waals surface area contributed by atoms with Gasteiger partial charge in [-0.15, -0.1) is 0 Å². The number of carbonyl (C=O) groups excluding carboxylic acids is 1. The predicted octanol–water partition coefficient (Wildman–Crippen LogP) is 4.54. The van der Waals surface area contributed by atoms with Gasteiger partial charge < -0.3 is 4.85 Å². The summed E-state index contributed by atoms with van der Waals surface area (Å²) in [6, 6.07) is 7.89. The number of anilines is 1. The summed E-state index contributed by atoms with van der Waals surface area (Å²) < 4.78 is 1.98. The minimum absolute atomic E-state index is 0.00586. The topological polar surface area (TPSA) is 54.9 Å². The number of hydrogen-bond donors (Lipinski definition) is 0. The van der Waals surface area contributed by atoms with Crippen LogP contribution in [0.1, 0.15) is 38.2 Å². The molecular weight excluding hydrogens is 350 g/mol. The fourth-order valence-corrected chi connectivity index (χ4v) is 3.31. The Balaban J connectivity index is 1.95. The molecule has 0 radical (unpaired) electrons. The molecule has 0 saturated heterocycles. The predicted molar refractivity (Wildman–Crippen MR) is 111 cm³/mol. The van der Waals surface area contributed by atoms with E-state index in [2.05, 4.69) is 9.83 Å². The van der Waals surface area contributed by atoms with Gasteiger partial charge in [-0.2, -0.15) is 0 Å². The minimum atomic E-state index is -0.00586. The smallest absolute Gasteiger partial charge is 0.225 e. The number of aromatic nitrogens is 3. The Morgan fingerprint density at radius 1 is 1.25 bits per heavy atom. The Bertz CT molecular complexity index is 987. The number of unbranched alkanes of at least 4 members (excludes halogenated alkanes) is 3. The molecule has 3 rings (SSSR count). The van der Waals surface area contributed by atoms with E-state index in [1.807, 2.05) is 46.7 Å². The maximum atomic E-state index is 12.5. The Morgan fingerprint density at radius 2 is 2.07 bits per heavy atom. The average molecular weight is 375 g/mol. The molecule has 0 aliphatic rings. The van der Waals surface area contributed by atoms with Gasteiger partial charge in [0.25, 0.3) is 0 Å². The number of imidazole rings is 1. The van der Waals surface area contributed by atoms with Gasteiger partial charge in [0.15, 0.2) is 0 Å². The van der Waals surface area contributed by atoms with E-state index in [0.29, 0.717) is 13.1 Å². The maximum absolute atomic E-state index is 12.5. The Hall–Kier alpha value is -3.20. The Kier molecular flexibility index (Phi) is 6.38. The number of aryl methyl sites for hydroxylation is 1. The molecule has 0 saturated carbocycles. The van der Waals surface area contributed by atoms with Gasteiger partial charge in [0.1, 0.15) is 17.2 Å². The molecule has 3 aromatic rings. The highest BCUT2D eigenvalue weighted by Gasteiger charge is 2.22. The molecular formula is C22H25N5O. The van der Waals surface area contributed by atoms with Crippen LogP contribution in [0.4, 0.5) is 5.82 Å². The molecule has 0 N–H and O–H groups in total. The Morgan fingerprint density at radius 3 is 2.79 bits per heavy atom. The highest BCUT2D eigenvalue weighted by atomic mass is 16.2. The summed E-state index contributed by atoms with van der Waals surface area (Å²) in [6.07, 6.45) is 9.30. The molecule has 3 aromatic heterocycles. The quantitative estimate of drug-likeness (QED) is 0.429. The molecule has 0 spiro atoms. The first-order valence-electron chi connectivity index (χ1n) is 9.62. The van der Waals surface area contributed by atoms with Crippen LogP contribution in [0.5, 0.6) is 0 Å². The highest BCUT2D eigenvalue weighted by molar-refractivity contribution is 5.95. The third kappa shape index (κ3) is 4.37. The SMILES string of the molecule is [C-]#[N+]CCCCCCN(C(C)=O)c1c(-c2cccnc2)nc2cc(C)ccn12. The normalized spacial score (nSPS) is 10.8. The van der Waals surface area contributed by atoms with E-state index in [0.717, 1.165) is 54.0 Å². The number of carbonyl (C=O) groups is 1. The zero-order chi connectivity index (χ0) is 19.9. The molecule has 6 heteroatoms. The van der Waals surface area contributed by atoms with E-state index in [4.69, 9.17) is 11.6 Å². The van der Waals surface area contributed by atoms with Gasteiger partial charge >= 0.3 is 0 Å². The fourth-order valence-electron chi connectivity index (χ4n) is 3.31. The summed E-state index contributed by atoms with van der Waals surface area (Å²) in [5.74, 6) is 0.783. The maximum Gasteiger partial charge on any atom is 0.225 e. The van der Waals surface area contributed by atoms with Crippen LogP contribution in [-0.4, -0.2) is 33.4 Å². The van der Waals surface area contributed by atoms with Crippen LogP contribution in [0, 0.1) is 13.5 Å². The largest absolute Gasteiger partial charge is 0.317 e. The highest BCUT2D eigenvalue weighted by Crippen LogP contribution is 2.32. The summed E-state index contributed by atoms with van der Waals surface area (Å²) in [5, 5.41) is 0. The van der Waals surface area contributed by atoms with Crippen molar-refractivity contribution in [3.05, 3.63) is 59.8 Å². The van der Waals surface area contributed by atoms with E-state index in [1.54, 1.807) is 19.3 Å². The number of hydrogen-bond acceptors (Lipinski definition) is 3. The number of amides is 1. The van der Waals surface area contributed by atoms with Crippen LogP contribution in [0.25, 0.3) is 21.7 Å². The molecule has 0 aromatic carbocycles. The minimum Gasteiger partial charge on any atom is -0.317 e. The third-order valence-electron chi connectivity index (χ3n) is 4.73. The first-order valence-corrected chi connectivity index (χ1v) is 9.62. The molecule has 1 amide bonds. The van der Waals surface area contributed by atoms with E-state index in [9.17, 15) is 4.79 Å². The van der Waals surface area contributed by atoms with Gasteiger partial charge in [-0.1, -0.05) is 6.42 Å². The third-order valence-corrected chi connectivity index (χ3v) is 4.73. The van der Waals surface area contributed by atoms with Crippen molar-refractivity contribution in [1.29, 1.82) is 0 Å². The summed E-state index contributed by atoms with van der Waals surface area (Å²) >= 11 is 0. The van der Waals surface area contributed by atoms with Gasteiger partial charge in [0.05, 0.1) is 0 Å². The van der Waals surface area contributed by atoms with Crippen LogP contribution in [-0.2, 0) is 4.79 Å². The van der Waals surface area contributed by atoms with Crippen LogP contribution >= 0.6 is 0 Å². The van der Waals surface area contributed by atoms with E-state index in [-0.39, 0.29) is 5.91 Å². The number of pyridine rings is 2. The molecule has 28 heavy (non-hydrogen) atoms. The molecule has 0 fully saturated rings. The summed E-state index contributed by atoms with van der Waals surface area (Å²) in [6.45, 7) is 11.7. The molecule has 3 heterocycles. The molecule has 144 valence electrons. The van der Waals surface area contributed by atoms with Gasteiger partial charge in [-0.05, 0) is 49.6 Å². The van der Waals surface area contributed by atoms with Crippen LogP contribution < -0.4 is 4.90 Å². The monoisotopic (exact) mass is 375 g/mol. The molecule has 0 aliphatic heterocycles. The Labute approximate surface area is 165 Å². The van der Waals surface area contributed by atoms with Crippen molar-refractivity contribution in [2.75, 3.05) is 18.0 Å². The van der Waals surface area contributed by atoms with E-state index < -0.39 is 0 Å². The zero-order valence-electron chi connectivity index (χ0n) is 16.4. The number of rotatable bonds is 8. The van der Waals surface area contributed by atoms with Crippen molar-refractivity contribution in [3.63, 3.8) is 0 Å². The van der Waals surface area contributed by atoms with E-state index >= 15 is 0 Å². The summed E-state index contributed by atoms with van der Waals surface area (Å²) in [7, 11) is 0. The lowest BCUT2D eigenvalue weighted by Gasteiger charge is -2.22. The van der Waals surface area contributed by atoms with Gasteiger partial charge in [-0.3, -0.25) is 19.1 Å². The van der Waals surface area contributed by atoms with E-state index in [1.165, 1.54) is 0 Å². The summed E-state index contributed by atoms with van der Waals surface area (Å²) in [4.78, 5) is 26.8. The van der Waals surface area contributed by atoms with Crippen LogP contribution in [0.3, 0.4) is 0 Å². The van der Waals surface area contributed by atoms with Crippen molar-refractivity contribution < 1.29 is 4.79 Å². The summed E-state index contributed by atoms with van der Waals surface area (Å²) in [5.41, 5.74) is 3.59. The van der Waals surface area contributed by atoms with Gasteiger partial charge in [0.2, 0.25) is 12.5 Å². The first kappa shape index (κ1) is 19.6. The van der Waals surface area contributed by atoms with Gasteiger partial charge in [-0.25, -0.2) is 11.6 Å². The zero-order valence-corrected chi connectivity index (χ0v) is 16.4. The molecule has 6 nitrogen and oxygen atoms in total. The molecule has 0 bridgehead atoms. The first-order chi connectivity index (χ1) is 13.6.